The molecule has 13 heteroatoms. The van der Waals surface area contributed by atoms with Crippen molar-refractivity contribution in [3.8, 4) is 23.0 Å². The smallest absolute Gasteiger partial charge is 0.316 e. The summed E-state index contributed by atoms with van der Waals surface area (Å²) in [5, 5.41) is 0. The van der Waals surface area contributed by atoms with Gasteiger partial charge in [-0.1, -0.05) is 35.0 Å². The van der Waals surface area contributed by atoms with Gasteiger partial charge in [0.05, 0.1) is 18.3 Å². The Hall–Kier alpha value is -2.35. The summed E-state index contributed by atoms with van der Waals surface area (Å²) in [6.45, 7) is -7.55. The van der Waals surface area contributed by atoms with Crippen LogP contribution in [-0.2, 0) is 10.2 Å². The van der Waals surface area contributed by atoms with Crippen LogP contribution in [0.15, 0.2) is 51.9 Å². The van der Waals surface area contributed by atoms with Gasteiger partial charge in [-0.25, -0.2) is 19.9 Å². The lowest BCUT2D eigenvalue weighted by molar-refractivity contribution is 0.202. The minimum Gasteiger partial charge on any atom is -0.473 e. The Morgan fingerprint density at radius 3 is 2.41 bits per heavy atom. The predicted octanol–water partition coefficient (Wildman–Crippen LogP) is 3.57. The second kappa shape index (κ2) is 11.5. The summed E-state index contributed by atoms with van der Waals surface area (Å²) in [6, 6.07) is 5.34. The largest absolute Gasteiger partial charge is 0.473 e. The zero-order valence-electron chi connectivity index (χ0n) is 24.2. The summed E-state index contributed by atoms with van der Waals surface area (Å²) in [4.78, 5) is 14.9. The molecule has 1 aromatic carbocycles. The molecule has 170 valence electrons. The molecule has 0 radical (unpaired) electrons. The Morgan fingerprint density at radius 1 is 1.03 bits per heavy atom. The van der Waals surface area contributed by atoms with Crippen LogP contribution in [-0.4, -0.2) is 48.0 Å². The molecule has 3 aromatic rings. The summed E-state index contributed by atoms with van der Waals surface area (Å²) in [5.74, 6) is -1.04. The minimum absolute atomic E-state index is 0.0868. The molecule has 0 amide bonds. The van der Waals surface area contributed by atoms with Gasteiger partial charge in [0.1, 0.15) is 19.4 Å². The molecule has 0 saturated heterocycles. The lowest BCUT2D eigenvalue weighted by atomic mass is 10.1. The van der Waals surface area contributed by atoms with E-state index >= 15 is 0 Å². The molecule has 0 saturated carbocycles. The molecular weight excluding hydrogens is 568 g/mol. The molecule has 0 aliphatic heterocycles. The molecule has 0 spiro atoms. The van der Waals surface area contributed by atoms with Gasteiger partial charge in [-0.05, 0) is 40.0 Å². The van der Waals surface area contributed by atoms with Crippen molar-refractivity contribution in [1.82, 2.24) is 24.7 Å². The van der Waals surface area contributed by atoms with Gasteiger partial charge in [0.15, 0.2) is 5.82 Å². The Labute approximate surface area is 213 Å². The molecule has 2 aromatic heterocycles. The molecule has 10 nitrogen and oxygen atoms in total. The standard InChI is InChI=1S/C19H20Br2N6O4S/c1-2-7-26-32(28,29)27-17-16(13-3-5-14(20)6-4-13)18(25-12-24-17)30-8-9-31-19-22-10-15(21)11-23-19/h3-6,10-12,26H,2,7-9H2,1H3,(H,24,25,27)/i7D2,8D2,9D2,10D,11D. The first-order chi connectivity index (χ1) is 18.4. The molecule has 3 rings (SSSR count). The first kappa shape index (κ1) is 15.5. The molecule has 0 aliphatic carbocycles. The van der Waals surface area contributed by atoms with Crippen LogP contribution in [0.3, 0.4) is 0 Å². The number of rotatable bonds is 11. The number of anilines is 1. The van der Waals surface area contributed by atoms with E-state index in [1.165, 1.54) is 19.1 Å². The molecule has 0 fully saturated rings. The summed E-state index contributed by atoms with van der Waals surface area (Å²) in [5.41, 5.74) is 0.0140. The van der Waals surface area contributed by atoms with Gasteiger partial charge in [-0.2, -0.15) is 13.1 Å². The average Bonchev–Trinajstić information content (AvgIpc) is 2.82. The number of halogens is 2. The Bertz CT molecular complexity index is 1480. The van der Waals surface area contributed by atoms with Crippen molar-refractivity contribution in [1.29, 1.82) is 0 Å². The van der Waals surface area contributed by atoms with E-state index in [-0.39, 0.29) is 22.0 Å². The summed E-state index contributed by atoms with van der Waals surface area (Å²) in [7, 11) is -4.56. The van der Waals surface area contributed by atoms with Crippen molar-refractivity contribution in [2.75, 3.05) is 24.3 Å². The van der Waals surface area contributed by atoms with E-state index in [4.69, 9.17) is 20.4 Å². The zero-order chi connectivity index (χ0) is 30.1. The lowest BCUT2D eigenvalue weighted by Crippen LogP contribution is -2.31. The monoisotopic (exact) mass is 594 g/mol. The molecule has 0 aliphatic rings. The van der Waals surface area contributed by atoms with E-state index in [0.717, 1.165) is 6.33 Å². The van der Waals surface area contributed by atoms with Crippen LogP contribution in [0.25, 0.3) is 11.1 Å². The van der Waals surface area contributed by atoms with Crippen LogP contribution in [0.4, 0.5) is 5.82 Å². The van der Waals surface area contributed by atoms with Crippen molar-refractivity contribution < 1.29 is 28.9 Å². The average molecular weight is 596 g/mol. The minimum atomic E-state index is -4.56. The van der Waals surface area contributed by atoms with Crippen molar-refractivity contribution >= 4 is 47.9 Å². The highest BCUT2D eigenvalue weighted by molar-refractivity contribution is 9.10. The highest BCUT2D eigenvalue weighted by Gasteiger charge is 2.19. The SMILES string of the molecule is [2H]c1nc(OC([2H])([2H])C([2H])([2H])Oc2ncnc(NS(=O)(=O)NC([2H])([2H])CC)c2-c2ccc(Br)cc2)nc([2H])c1Br. The number of hydrogen-bond acceptors (Lipinski definition) is 8. The first-order valence-corrected chi connectivity index (χ1v) is 11.7. The molecule has 0 unspecified atom stereocenters. The van der Waals surface area contributed by atoms with Crippen molar-refractivity contribution in [3.05, 3.63) is 51.9 Å². The van der Waals surface area contributed by atoms with Crippen LogP contribution in [0.5, 0.6) is 11.9 Å². The molecule has 0 bridgehead atoms. The van der Waals surface area contributed by atoms with Crippen molar-refractivity contribution in [2.45, 2.75) is 13.3 Å². The third-order valence-electron chi connectivity index (χ3n) is 3.39. The van der Waals surface area contributed by atoms with E-state index in [1.54, 1.807) is 12.1 Å². The quantitative estimate of drug-likeness (QED) is 0.344. The van der Waals surface area contributed by atoms with E-state index in [1.807, 2.05) is 4.72 Å². The fraction of sp³-hybridized carbons (Fsp3) is 0.263. The van der Waals surface area contributed by atoms with Gasteiger partial charge < -0.3 is 9.47 Å². The van der Waals surface area contributed by atoms with Gasteiger partial charge in [-0.15, -0.1) is 0 Å². The maximum atomic E-state index is 12.7. The van der Waals surface area contributed by atoms with Crippen LogP contribution in [0, 0.1) is 0 Å². The number of ether oxygens (including phenoxy) is 2. The zero-order valence-corrected chi connectivity index (χ0v) is 20.2. The topological polar surface area (TPSA) is 128 Å². The number of hydrogen-bond donors (Lipinski definition) is 2. The molecule has 0 atom stereocenters. The fourth-order valence-corrected chi connectivity index (χ4v) is 3.38. The second-order valence-electron chi connectivity index (χ2n) is 5.60. The second-order valence-corrected chi connectivity index (χ2v) is 8.72. The maximum Gasteiger partial charge on any atom is 0.316 e. The van der Waals surface area contributed by atoms with Gasteiger partial charge in [0.25, 0.3) is 10.2 Å². The highest BCUT2D eigenvalue weighted by Crippen LogP contribution is 2.34. The van der Waals surface area contributed by atoms with Gasteiger partial charge in [-0.3, -0.25) is 4.72 Å². The number of aromatic nitrogens is 4. The molecule has 32 heavy (non-hydrogen) atoms. The van der Waals surface area contributed by atoms with Crippen molar-refractivity contribution in [2.24, 2.45) is 0 Å². The highest BCUT2D eigenvalue weighted by atomic mass is 79.9. The Kier molecular flexibility index (Phi) is 5.56. The van der Waals surface area contributed by atoms with E-state index in [2.05, 4.69) is 56.5 Å². The van der Waals surface area contributed by atoms with E-state index in [0.29, 0.717) is 4.47 Å². The summed E-state index contributed by atoms with van der Waals surface area (Å²) in [6.07, 6.45) is -0.364. The molecule has 2 heterocycles. The molecular formula is C19H20Br2N6O4S. The maximum absolute atomic E-state index is 12.7. The third-order valence-corrected chi connectivity index (χ3v) is 5.15. The lowest BCUT2D eigenvalue weighted by Gasteiger charge is -2.15. The Balaban J connectivity index is 2.05. The third kappa shape index (κ3) is 7.08. The molecule has 2 N–H and O–H groups in total. The summed E-state index contributed by atoms with van der Waals surface area (Å²) >= 11 is 6.19. The van der Waals surface area contributed by atoms with E-state index in [9.17, 15) is 8.42 Å². The van der Waals surface area contributed by atoms with Crippen LogP contribution in [0.1, 0.15) is 24.3 Å². The Morgan fingerprint density at radius 2 is 1.72 bits per heavy atom. The van der Waals surface area contributed by atoms with E-state index < -0.39 is 59.9 Å². The van der Waals surface area contributed by atoms with Crippen LogP contribution in [0.2, 0.25) is 0 Å². The van der Waals surface area contributed by atoms with Crippen molar-refractivity contribution in [3.63, 3.8) is 0 Å². The normalized spacial score (nSPS) is 16.2. The fourth-order valence-electron chi connectivity index (χ4n) is 2.15. The number of nitrogens with one attached hydrogen (secondary N) is 2. The number of benzene rings is 1. The number of nitrogens with zero attached hydrogens (tertiary/aromatic N) is 4. The first-order valence-electron chi connectivity index (χ1n) is 12.7. The van der Waals surface area contributed by atoms with Gasteiger partial charge in [0.2, 0.25) is 5.88 Å². The van der Waals surface area contributed by atoms with Crippen LogP contribution < -0.4 is 18.9 Å². The van der Waals surface area contributed by atoms with Gasteiger partial charge in [0, 0.05) is 26.1 Å². The predicted molar refractivity (Wildman–Crippen MR) is 127 cm³/mol. The van der Waals surface area contributed by atoms with Crippen LogP contribution >= 0.6 is 31.9 Å². The summed E-state index contributed by atoms with van der Waals surface area (Å²) < 4.78 is 104. The van der Waals surface area contributed by atoms with Gasteiger partial charge >= 0.3 is 6.01 Å².